The minimum Gasteiger partial charge on any atom is -0.302 e. The molecule has 0 heterocycles. The molecular weight excluding hydrogens is 206 g/mol. The smallest absolute Gasteiger partial charge is 0.241 e. The number of hydrogen-bond donors (Lipinski definition) is 1. The molecule has 0 aliphatic carbocycles. The van der Waals surface area contributed by atoms with Crippen LogP contribution >= 0.6 is 0 Å². The Morgan fingerprint density at radius 1 is 1.47 bits per heavy atom. The molecule has 0 bridgehead atoms. The van der Waals surface area contributed by atoms with Crippen molar-refractivity contribution in [1.82, 2.24) is 0 Å². The lowest BCUT2D eigenvalue weighted by Crippen LogP contribution is -2.15. The minimum atomic E-state index is -0.789. The van der Waals surface area contributed by atoms with Crippen molar-refractivity contribution in [3.63, 3.8) is 0 Å². The average Bonchev–Trinajstić information content (AvgIpc) is 2.08. The molecule has 0 fully saturated rings. The number of nitro groups is 1. The molecule has 1 aromatic rings. The van der Waals surface area contributed by atoms with Crippen LogP contribution in [0.3, 0.4) is 0 Å². The van der Waals surface area contributed by atoms with Crippen LogP contribution < -0.4 is 0 Å². The first-order valence-electron chi connectivity index (χ1n) is 4.11. The molecule has 4 nitrogen and oxygen atoms in total. The van der Waals surface area contributed by atoms with Gasteiger partial charge in [0, 0.05) is 17.4 Å². The summed E-state index contributed by atoms with van der Waals surface area (Å²) in [5, 5.41) is 17.3. The molecule has 0 aliphatic heterocycles. The Morgan fingerprint density at radius 3 is 2.67 bits per heavy atom. The monoisotopic (exact) mass is 214 g/mol. The van der Waals surface area contributed by atoms with E-state index in [0.717, 1.165) is 6.07 Å². The van der Waals surface area contributed by atoms with Crippen LogP contribution in [0, 0.1) is 27.2 Å². The van der Waals surface area contributed by atoms with Crippen LogP contribution in [-0.4, -0.2) is 17.2 Å². The minimum absolute atomic E-state index is 0.0863. The van der Waals surface area contributed by atoms with Gasteiger partial charge in [0.05, 0.1) is 5.71 Å². The molecular formula is C9H8F2N2O2. The highest BCUT2D eigenvalue weighted by Gasteiger charge is 2.10. The Balaban J connectivity index is 2.72. The molecule has 0 unspecified atom stereocenters. The molecule has 0 saturated carbocycles. The lowest BCUT2D eigenvalue weighted by molar-refractivity contribution is -0.463. The van der Waals surface area contributed by atoms with Crippen LogP contribution in [0.4, 0.5) is 8.78 Å². The standard InChI is InChI=1S/C9H8F2N2O2/c10-7-2-1-6(9(11)4-7)3-8(12)5-13(14)15/h1-2,4,12H,3,5H2. The van der Waals surface area contributed by atoms with Gasteiger partial charge in [0.15, 0.2) is 0 Å². The first-order valence-corrected chi connectivity index (χ1v) is 4.11. The zero-order valence-electron chi connectivity index (χ0n) is 7.67. The number of rotatable bonds is 4. The van der Waals surface area contributed by atoms with E-state index in [1.807, 2.05) is 0 Å². The molecule has 0 saturated heterocycles. The molecule has 1 N–H and O–H groups in total. The van der Waals surface area contributed by atoms with E-state index in [1.54, 1.807) is 0 Å². The highest BCUT2D eigenvalue weighted by molar-refractivity contribution is 5.84. The predicted molar refractivity (Wildman–Crippen MR) is 49.7 cm³/mol. The molecule has 0 radical (unpaired) electrons. The van der Waals surface area contributed by atoms with Crippen LogP contribution in [0.2, 0.25) is 0 Å². The first-order chi connectivity index (χ1) is 6.99. The second-order valence-corrected chi connectivity index (χ2v) is 3.01. The number of hydrogen-bond acceptors (Lipinski definition) is 3. The van der Waals surface area contributed by atoms with Gasteiger partial charge in [-0.15, -0.1) is 0 Å². The van der Waals surface area contributed by atoms with Crippen molar-refractivity contribution in [2.24, 2.45) is 0 Å². The van der Waals surface area contributed by atoms with Gasteiger partial charge in [0.2, 0.25) is 6.54 Å². The van der Waals surface area contributed by atoms with E-state index < -0.39 is 23.1 Å². The molecule has 80 valence electrons. The van der Waals surface area contributed by atoms with Gasteiger partial charge in [-0.25, -0.2) is 8.78 Å². The molecule has 6 heteroatoms. The molecule has 0 amide bonds. The first kappa shape index (κ1) is 11.2. The fourth-order valence-electron chi connectivity index (χ4n) is 1.11. The van der Waals surface area contributed by atoms with E-state index in [1.165, 1.54) is 6.07 Å². The van der Waals surface area contributed by atoms with E-state index in [4.69, 9.17) is 5.41 Å². The van der Waals surface area contributed by atoms with Crippen molar-refractivity contribution in [1.29, 1.82) is 5.41 Å². The molecule has 0 aliphatic rings. The van der Waals surface area contributed by atoms with Gasteiger partial charge in [0.25, 0.3) is 0 Å². The van der Waals surface area contributed by atoms with E-state index in [2.05, 4.69) is 0 Å². The number of benzene rings is 1. The number of halogens is 2. The summed E-state index contributed by atoms with van der Waals surface area (Å²) in [5.74, 6) is -1.50. The van der Waals surface area contributed by atoms with Gasteiger partial charge in [-0.3, -0.25) is 10.1 Å². The summed E-state index contributed by atoms with van der Waals surface area (Å²) >= 11 is 0. The largest absolute Gasteiger partial charge is 0.302 e. The number of nitrogens with zero attached hydrogens (tertiary/aromatic N) is 1. The zero-order chi connectivity index (χ0) is 11.4. The van der Waals surface area contributed by atoms with Crippen molar-refractivity contribution in [3.05, 3.63) is 45.5 Å². The molecule has 15 heavy (non-hydrogen) atoms. The van der Waals surface area contributed by atoms with Gasteiger partial charge < -0.3 is 5.41 Å². The number of nitrogens with one attached hydrogen (secondary N) is 1. The predicted octanol–water partition coefficient (Wildman–Crippen LogP) is 1.80. The second kappa shape index (κ2) is 4.59. The summed E-state index contributed by atoms with van der Waals surface area (Å²) < 4.78 is 25.5. The van der Waals surface area contributed by atoms with Crippen LogP contribution in [0.25, 0.3) is 0 Å². The zero-order valence-corrected chi connectivity index (χ0v) is 7.67. The van der Waals surface area contributed by atoms with Crippen molar-refractivity contribution >= 4 is 5.71 Å². The summed E-state index contributed by atoms with van der Waals surface area (Å²) in [6.07, 6.45) is -0.174. The van der Waals surface area contributed by atoms with Gasteiger partial charge >= 0.3 is 0 Å². The molecule has 0 aromatic heterocycles. The normalized spacial score (nSPS) is 10.0. The van der Waals surface area contributed by atoms with Crippen LogP contribution in [-0.2, 0) is 6.42 Å². The molecule has 1 rings (SSSR count). The van der Waals surface area contributed by atoms with Crippen molar-refractivity contribution < 1.29 is 13.7 Å². The second-order valence-electron chi connectivity index (χ2n) is 3.01. The third-order valence-electron chi connectivity index (χ3n) is 1.74. The Kier molecular flexibility index (Phi) is 3.43. The van der Waals surface area contributed by atoms with Gasteiger partial charge in [-0.05, 0) is 11.6 Å². The third-order valence-corrected chi connectivity index (χ3v) is 1.74. The molecule has 1 aromatic carbocycles. The highest BCUT2D eigenvalue weighted by Crippen LogP contribution is 2.10. The molecule has 0 atom stereocenters. The van der Waals surface area contributed by atoms with Crippen LogP contribution in [0.15, 0.2) is 18.2 Å². The van der Waals surface area contributed by atoms with E-state index in [9.17, 15) is 18.9 Å². The fourth-order valence-corrected chi connectivity index (χ4v) is 1.11. The maximum Gasteiger partial charge on any atom is 0.241 e. The van der Waals surface area contributed by atoms with Crippen molar-refractivity contribution in [2.45, 2.75) is 6.42 Å². The summed E-state index contributed by atoms with van der Waals surface area (Å²) in [4.78, 5) is 9.39. The highest BCUT2D eigenvalue weighted by atomic mass is 19.1. The fraction of sp³-hybridized carbons (Fsp3) is 0.222. The maximum atomic E-state index is 13.0. The lowest BCUT2D eigenvalue weighted by Gasteiger charge is -2.02. The summed E-state index contributed by atoms with van der Waals surface area (Å²) in [7, 11) is 0. The Labute approximate surface area is 84.2 Å². The summed E-state index contributed by atoms with van der Waals surface area (Å²) in [6, 6.07) is 2.92. The topological polar surface area (TPSA) is 67.0 Å². The van der Waals surface area contributed by atoms with E-state index >= 15 is 0 Å². The Hall–Kier alpha value is -1.85. The van der Waals surface area contributed by atoms with Gasteiger partial charge in [0.1, 0.15) is 11.6 Å². The van der Waals surface area contributed by atoms with Gasteiger partial charge in [-0.1, -0.05) is 6.07 Å². The van der Waals surface area contributed by atoms with Crippen LogP contribution in [0.1, 0.15) is 5.56 Å². The third kappa shape index (κ3) is 3.41. The van der Waals surface area contributed by atoms with Gasteiger partial charge in [-0.2, -0.15) is 0 Å². The summed E-state index contributed by atoms with van der Waals surface area (Å²) in [5.41, 5.74) is -0.131. The Bertz CT molecular complexity index is 407. The van der Waals surface area contributed by atoms with Crippen molar-refractivity contribution in [3.8, 4) is 0 Å². The average molecular weight is 214 g/mol. The summed E-state index contributed by atoms with van der Waals surface area (Å²) in [6.45, 7) is -0.628. The quantitative estimate of drug-likeness (QED) is 0.471. The van der Waals surface area contributed by atoms with Crippen LogP contribution in [0.5, 0.6) is 0 Å². The lowest BCUT2D eigenvalue weighted by atomic mass is 10.1. The van der Waals surface area contributed by atoms with Crippen molar-refractivity contribution in [2.75, 3.05) is 6.54 Å². The Morgan fingerprint density at radius 2 is 2.13 bits per heavy atom. The molecule has 0 spiro atoms. The maximum absolute atomic E-state index is 13.0. The van der Waals surface area contributed by atoms with E-state index in [0.29, 0.717) is 6.07 Å². The SMILES string of the molecule is N=C(Cc1ccc(F)cc1F)C[N+](=O)[O-]. The van der Waals surface area contributed by atoms with E-state index in [-0.39, 0.29) is 17.7 Å².